The molecule has 0 fully saturated rings. The van der Waals surface area contributed by atoms with Crippen molar-refractivity contribution >= 4 is 55.1 Å². The van der Waals surface area contributed by atoms with Gasteiger partial charge in [-0.2, -0.15) is 4.98 Å². The van der Waals surface area contributed by atoms with E-state index in [4.69, 9.17) is 14.4 Å². The van der Waals surface area contributed by atoms with Gasteiger partial charge in [0.1, 0.15) is 0 Å². The van der Waals surface area contributed by atoms with Gasteiger partial charge in [0.15, 0.2) is 11.2 Å². The Balaban J connectivity index is 1.30. The summed E-state index contributed by atoms with van der Waals surface area (Å²) >= 11 is 0. The average Bonchev–Trinajstić information content (AvgIpc) is 3.71. The summed E-state index contributed by atoms with van der Waals surface area (Å²) in [7, 11) is 0. The van der Waals surface area contributed by atoms with Crippen LogP contribution in [0.1, 0.15) is 0 Å². The molecule has 0 N–H and O–H groups in total. The number of oxazole rings is 1. The Morgan fingerprint density at radius 1 is 0.512 bits per heavy atom. The molecule has 7 nitrogen and oxygen atoms in total. The van der Waals surface area contributed by atoms with E-state index in [0.717, 1.165) is 60.8 Å². The molecule has 3 aromatic carbocycles. The number of benzene rings is 3. The van der Waals surface area contributed by atoms with Crippen LogP contribution in [-0.2, 0) is 0 Å². The monoisotopic (exact) mass is 528 g/mol. The predicted molar refractivity (Wildman–Crippen MR) is 162 cm³/mol. The lowest BCUT2D eigenvalue weighted by atomic mass is 10.1. The Labute approximate surface area is 233 Å². The van der Waals surface area contributed by atoms with Crippen LogP contribution in [-0.4, -0.2) is 29.1 Å². The van der Waals surface area contributed by atoms with Crippen LogP contribution in [0, 0.1) is 0 Å². The molecule has 192 valence electrons. The van der Waals surface area contributed by atoms with E-state index in [-0.39, 0.29) is 0 Å². The van der Waals surface area contributed by atoms with Gasteiger partial charge in [0.2, 0.25) is 5.89 Å². The van der Waals surface area contributed by atoms with Gasteiger partial charge in [-0.3, -0.25) is 9.97 Å². The lowest BCUT2D eigenvalue weighted by molar-refractivity contribution is 0.619. The molecule has 0 unspecified atom stereocenters. The minimum atomic E-state index is 0.552. The van der Waals surface area contributed by atoms with Crippen molar-refractivity contribution in [2.45, 2.75) is 0 Å². The van der Waals surface area contributed by atoms with Crippen molar-refractivity contribution in [3.05, 3.63) is 122 Å². The van der Waals surface area contributed by atoms with Crippen LogP contribution in [0.3, 0.4) is 0 Å². The lowest BCUT2D eigenvalue weighted by Crippen LogP contribution is -1.94. The third-order valence-electron chi connectivity index (χ3n) is 7.71. The molecule has 0 saturated carbocycles. The number of aromatic nitrogens is 6. The van der Waals surface area contributed by atoms with Gasteiger partial charge < -0.3 is 13.6 Å². The van der Waals surface area contributed by atoms with Crippen molar-refractivity contribution in [2.75, 3.05) is 0 Å². The molecule has 0 atom stereocenters. The van der Waals surface area contributed by atoms with E-state index in [1.807, 2.05) is 54.9 Å². The quantitative estimate of drug-likeness (QED) is 0.233. The van der Waals surface area contributed by atoms with Crippen LogP contribution in [0.25, 0.3) is 77.9 Å². The van der Waals surface area contributed by atoms with Crippen LogP contribution in [0.4, 0.5) is 0 Å². The standard InChI is InChI=1S/C34H20N6O/c1-2-7-22(8-3-1)39-26-9-4-16-35-31(26)24-20-29-25(19-28(24)39)32-27(10-5-17-36-32)40(29)23-14-12-21(13-15-23)34-38-33-30(41-34)11-6-18-37-33/h1-20H. The first-order chi connectivity index (χ1) is 20.3. The number of pyridine rings is 3. The van der Waals surface area contributed by atoms with E-state index in [9.17, 15) is 0 Å². The van der Waals surface area contributed by atoms with Gasteiger partial charge in [0.25, 0.3) is 0 Å². The fourth-order valence-corrected chi connectivity index (χ4v) is 5.93. The molecular formula is C34H20N6O. The van der Waals surface area contributed by atoms with Crippen LogP contribution in [0.2, 0.25) is 0 Å². The first kappa shape index (κ1) is 22.0. The van der Waals surface area contributed by atoms with Crippen LogP contribution >= 0.6 is 0 Å². The van der Waals surface area contributed by atoms with E-state index < -0.39 is 0 Å². The smallest absolute Gasteiger partial charge is 0.228 e. The van der Waals surface area contributed by atoms with Crippen LogP contribution in [0.5, 0.6) is 0 Å². The average molecular weight is 529 g/mol. The van der Waals surface area contributed by atoms with Gasteiger partial charge in [-0.1, -0.05) is 18.2 Å². The van der Waals surface area contributed by atoms with Crippen LogP contribution in [0.15, 0.2) is 126 Å². The number of rotatable bonds is 3. The van der Waals surface area contributed by atoms with Gasteiger partial charge in [-0.25, -0.2) is 4.98 Å². The van der Waals surface area contributed by atoms with Crippen molar-refractivity contribution in [3.8, 4) is 22.8 Å². The zero-order valence-electron chi connectivity index (χ0n) is 21.6. The van der Waals surface area contributed by atoms with Crippen molar-refractivity contribution in [1.82, 2.24) is 29.1 Å². The third kappa shape index (κ3) is 3.20. The Kier molecular flexibility index (Phi) is 4.48. The Morgan fingerprint density at radius 3 is 1.73 bits per heavy atom. The van der Waals surface area contributed by atoms with Crippen molar-refractivity contribution < 1.29 is 4.42 Å². The summed E-state index contributed by atoms with van der Waals surface area (Å²) in [5.74, 6) is 0.552. The highest BCUT2D eigenvalue weighted by Crippen LogP contribution is 2.38. The summed E-state index contributed by atoms with van der Waals surface area (Å²) in [6.45, 7) is 0. The second-order valence-electron chi connectivity index (χ2n) is 10.0. The molecule has 0 aliphatic rings. The number of hydrogen-bond donors (Lipinski definition) is 0. The molecule has 0 radical (unpaired) electrons. The van der Waals surface area contributed by atoms with E-state index in [2.05, 4.69) is 79.8 Å². The summed E-state index contributed by atoms with van der Waals surface area (Å²) in [4.78, 5) is 18.5. The van der Waals surface area contributed by atoms with E-state index >= 15 is 0 Å². The summed E-state index contributed by atoms with van der Waals surface area (Å²) in [6, 6.07) is 35.2. The zero-order chi connectivity index (χ0) is 26.9. The molecular weight excluding hydrogens is 508 g/mol. The third-order valence-corrected chi connectivity index (χ3v) is 7.71. The predicted octanol–water partition coefficient (Wildman–Crippen LogP) is 7.87. The second-order valence-corrected chi connectivity index (χ2v) is 10.0. The highest BCUT2D eigenvalue weighted by atomic mass is 16.3. The maximum absolute atomic E-state index is 5.95. The minimum absolute atomic E-state index is 0.552. The number of hydrogen-bond acceptors (Lipinski definition) is 5. The number of para-hydroxylation sites is 1. The molecule has 0 amide bonds. The second kappa shape index (κ2) is 8.34. The molecule has 41 heavy (non-hydrogen) atoms. The summed E-state index contributed by atoms with van der Waals surface area (Å²) in [6.07, 6.45) is 5.44. The van der Waals surface area contributed by atoms with Gasteiger partial charge in [-0.15, -0.1) is 0 Å². The van der Waals surface area contributed by atoms with Crippen LogP contribution < -0.4 is 0 Å². The highest BCUT2D eigenvalue weighted by Gasteiger charge is 2.19. The number of fused-ring (bicyclic) bond motifs is 7. The van der Waals surface area contributed by atoms with Crippen molar-refractivity contribution in [3.63, 3.8) is 0 Å². The molecule has 0 aliphatic carbocycles. The normalized spacial score (nSPS) is 11.9. The Hall–Kier alpha value is -5.82. The first-order valence-electron chi connectivity index (χ1n) is 13.4. The lowest BCUT2D eigenvalue weighted by Gasteiger charge is -2.09. The van der Waals surface area contributed by atoms with Crippen molar-refractivity contribution in [2.24, 2.45) is 0 Å². The van der Waals surface area contributed by atoms with Crippen molar-refractivity contribution in [1.29, 1.82) is 0 Å². The molecule has 0 bridgehead atoms. The minimum Gasteiger partial charge on any atom is -0.434 e. The summed E-state index contributed by atoms with van der Waals surface area (Å²) in [5, 5.41) is 2.18. The van der Waals surface area contributed by atoms with E-state index in [1.54, 1.807) is 6.20 Å². The molecule has 6 heterocycles. The van der Waals surface area contributed by atoms with E-state index in [1.165, 1.54) is 0 Å². The molecule has 9 aromatic rings. The maximum Gasteiger partial charge on any atom is 0.228 e. The molecule has 0 saturated heterocycles. The zero-order valence-corrected chi connectivity index (χ0v) is 21.6. The van der Waals surface area contributed by atoms with Gasteiger partial charge in [0, 0.05) is 46.3 Å². The molecule has 0 aliphatic heterocycles. The van der Waals surface area contributed by atoms with Gasteiger partial charge in [0.05, 0.1) is 33.1 Å². The fourth-order valence-electron chi connectivity index (χ4n) is 5.93. The first-order valence-corrected chi connectivity index (χ1v) is 13.4. The number of nitrogens with zero attached hydrogens (tertiary/aromatic N) is 6. The molecule has 6 aromatic heterocycles. The molecule has 9 rings (SSSR count). The highest BCUT2D eigenvalue weighted by molar-refractivity contribution is 6.17. The summed E-state index contributed by atoms with van der Waals surface area (Å²) in [5.41, 5.74) is 10.5. The Morgan fingerprint density at radius 2 is 1.10 bits per heavy atom. The molecule has 7 heteroatoms. The largest absolute Gasteiger partial charge is 0.434 e. The summed E-state index contributed by atoms with van der Waals surface area (Å²) < 4.78 is 10.5. The topological polar surface area (TPSA) is 74.6 Å². The maximum atomic E-state index is 5.95. The fraction of sp³-hybridized carbons (Fsp3) is 0. The van der Waals surface area contributed by atoms with Gasteiger partial charge in [-0.05, 0) is 84.9 Å². The SMILES string of the molecule is c1ccc(-n2c3cc4c5ncccc5n(-c5ccc(-c6nc7ncccc7o6)cc5)c4cc3c3ncccc32)cc1. The molecule has 0 spiro atoms. The van der Waals surface area contributed by atoms with E-state index in [0.29, 0.717) is 17.1 Å². The van der Waals surface area contributed by atoms with Gasteiger partial charge >= 0.3 is 0 Å². The Bertz CT molecular complexity index is 2380.